The molecule has 3 aromatic rings. The van der Waals surface area contributed by atoms with E-state index in [9.17, 15) is 9.59 Å². The van der Waals surface area contributed by atoms with E-state index >= 15 is 0 Å². The van der Waals surface area contributed by atoms with Gasteiger partial charge in [-0.15, -0.1) is 0 Å². The first-order valence-electron chi connectivity index (χ1n) is 11.6. The molecule has 0 fully saturated rings. The van der Waals surface area contributed by atoms with Crippen molar-refractivity contribution >= 4 is 41.2 Å². The van der Waals surface area contributed by atoms with Gasteiger partial charge in [-0.2, -0.15) is 15.0 Å². The van der Waals surface area contributed by atoms with Gasteiger partial charge in [-0.05, 0) is 76.2 Å². The van der Waals surface area contributed by atoms with E-state index in [1.807, 2.05) is 18.7 Å². The Balaban J connectivity index is 1.84. The molecule has 0 atom stereocenters. The van der Waals surface area contributed by atoms with Crippen LogP contribution in [0.2, 0.25) is 0 Å². The minimum atomic E-state index is -0.372. The fourth-order valence-electron chi connectivity index (χ4n) is 3.19. The van der Waals surface area contributed by atoms with Crippen molar-refractivity contribution in [1.82, 2.24) is 15.0 Å². The summed E-state index contributed by atoms with van der Waals surface area (Å²) in [6.07, 6.45) is 0. The van der Waals surface area contributed by atoms with Crippen molar-refractivity contribution in [2.45, 2.75) is 27.7 Å². The van der Waals surface area contributed by atoms with Gasteiger partial charge in [0.15, 0.2) is 0 Å². The van der Waals surface area contributed by atoms with Crippen LogP contribution in [0.4, 0.5) is 29.2 Å². The predicted octanol–water partition coefficient (Wildman–Crippen LogP) is 4.56. The molecular formula is C25H30N6O4. The number of anilines is 5. The number of benzene rings is 2. The molecule has 0 aliphatic carbocycles. The predicted molar refractivity (Wildman–Crippen MR) is 135 cm³/mol. The number of carbonyl (C=O) groups excluding carboxylic acids is 2. The van der Waals surface area contributed by atoms with Crippen LogP contribution in [-0.2, 0) is 9.47 Å². The van der Waals surface area contributed by atoms with Crippen molar-refractivity contribution in [3.63, 3.8) is 0 Å². The molecule has 0 spiro atoms. The summed E-state index contributed by atoms with van der Waals surface area (Å²) in [5.41, 5.74) is 2.34. The molecule has 10 heteroatoms. The van der Waals surface area contributed by atoms with Gasteiger partial charge in [0.2, 0.25) is 17.8 Å². The van der Waals surface area contributed by atoms with Gasteiger partial charge in [0.05, 0.1) is 24.3 Å². The summed E-state index contributed by atoms with van der Waals surface area (Å²) in [6.45, 7) is 9.67. The van der Waals surface area contributed by atoms with Gasteiger partial charge in [0, 0.05) is 24.5 Å². The second-order valence-corrected chi connectivity index (χ2v) is 7.30. The van der Waals surface area contributed by atoms with Crippen LogP contribution < -0.4 is 15.5 Å². The second-order valence-electron chi connectivity index (χ2n) is 7.30. The maximum Gasteiger partial charge on any atom is 0.338 e. The van der Waals surface area contributed by atoms with Gasteiger partial charge >= 0.3 is 11.9 Å². The average molecular weight is 479 g/mol. The zero-order valence-electron chi connectivity index (χ0n) is 20.4. The number of hydrogen-bond acceptors (Lipinski definition) is 10. The Morgan fingerprint density at radius 2 is 1.09 bits per heavy atom. The molecule has 0 unspecified atom stereocenters. The Kier molecular flexibility index (Phi) is 8.94. The topological polar surface area (TPSA) is 119 Å². The molecule has 0 bridgehead atoms. The van der Waals surface area contributed by atoms with Crippen LogP contribution in [0.3, 0.4) is 0 Å². The molecule has 1 heterocycles. The van der Waals surface area contributed by atoms with Crippen LogP contribution in [0.15, 0.2) is 48.5 Å². The van der Waals surface area contributed by atoms with Gasteiger partial charge in [0.25, 0.3) is 0 Å². The first-order valence-corrected chi connectivity index (χ1v) is 11.6. The average Bonchev–Trinajstić information content (AvgIpc) is 2.86. The van der Waals surface area contributed by atoms with E-state index in [0.29, 0.717) is 53.6 Å². The lowest BCUT2D eigenvalue weighted by atomic mass is 10.2. The highest BCUT2D eigenvalue weighted by Gasteiger charge is 2.13. The number of ether oxygens (including phenoxy) is 2. The van der Waals surface area contributed by atoms with E-state index < -0.39 is 0 Å². The summed E-state index contributed by atoms with van der Waals surface area (Å²) >= 11 is 0. The molecule has 3 rings (SSSR count). The van der Waals surface area contributed by atoms with Crippen molar-refractivity contribution in [3.05, 3.63) is 59.7 Å². The van der Waals surface area contributed by atoms with Gasteiger partial charge < -0.3 is 25.0 Å². The lowest BCUT2D eigenvalue weighted by Crippen LogP contribution is -2.25. The number of nitrogens with zero attached hydrogens (tertiary/aromatic N) is 4. The molecule has 0 amide bonds. The lowest BCUT2D eigenvalue weighted by Gasteiger charge is -2.20. The van der Waals surface area contributed by atoms with Crippen molar-refractivity contribution in [2.75, 3.05) is 41.8 Å². The first kappa shape index (κ1) is 25.4. The summed E-state index contributed by atoms with van der Waals surface area (Å²) in [7, 11) is 0. The van der Waals surface area contributed by atoms with Crippen LogP contribution >= 0.6 is 0 Å². The van der Waals surface area contributed by atoms with Crippen LogP contribution in [0.25, 0.3) is 0 Å². The van der Waals surface area contributed by atoms with E-state index in [-0.39, 0.29) is 11.9 Å². The molecule has 35 heavy (non-hydrogen) atoms. The zero-order chi connectivity index (χ0) is 25.2. The highest BCUT2D eigenvalue weighted by atomic mass is 16.5. The van der Waals surface area contributed by atoms with Crippen LogP contribution in [0.1, 0.15) is 48.4 Å². The molecule has 0 saturated heterocycles. The molecule has 2 aromatic carbocycles. The Morgan fingerprint density at radius 1 is 0.686 bits per heavy atom. The minimum Gasteiger partial charge on any atom is -0.462 e. The number of hydrogen-bond donors (Lipinski definition) is 2. The quantitative estimate of drug-likeness (QED) is 0.380. The SMILES string of the molecule is CCOC(=O)c1ccc(Nc2nc(Nc3ccc(C(=O)OCC)cc3)nc(N(CC)CC)n2)cc1. The molecule has 1 aromatic heterocycles. The molecule has 0 radical (unpaired) electrons. The van der Waals surface area contributed by atoms with E-state index in [1.54, 1.807) is 62.4 Å². The van der Waals surface area contributed by atoms with Gasteiger partial charge in [-0.1, -0.05) is 0 Å². The zero-order valence-corrected chi connectivity index (χ0v) is 20.4. The van der Waals surface area contributed by atoms with Crippen LogP contribution in [-0.4, -0.2) is 53.2 Å². The molecule has 184 valence electrons. The second kappa shape index (κ2) is 12.3. The monoisotopic (exact) mass is 478 g/mol. The van der Waals surface area contributed by atoms with Gasteiger partial charge in [-0.3, -0.25) is 0 Å². The smallest absolute Gasteiger partial charge is 0.338 e. The van der Waals surface area contributed by atoms with E-state index in [1.165, 1.54) is 0 Å². The third kappa shape index (κ3) is 6.89. The first-order chi connectivity index (χ1) is 17.0. The van der Waals surface area contributed by atoms with Gasteiger partial charge in [0.1, 0.15) is 0 Å². The maximum absolute atomic E-state index is 11.9. The number of esters is 2. The third-order valence-electron chi connectivity index (χ3n) is 4.97. The highest BCUT2D eigenvalue weighted by molar-refractivity contribution is 5.90. The summed E-state index contributed by atoms with van der Waals surface area (Å²) in [5, 5.41) is 6.34. The van der Waals surface area contributed by atoms with Crippen molar-refractivity contribution in [3.8, 4) is 0 Å². The molecule has 0 aliphatic rings. The Morgan fingerprint density at radius 3 is 1.43 bits per heavy atom. The van der Waals surface area contributed by atoms with Crippen LogP contribution in [0, 0.1) is 0 Å². The minimum absolute atomic E-state index is 0.319. The maximum atomic E-state index is 11.9. The summed E-state index contributed by atoms with van der Waals surface area (Å²) in [5.74, 6) is 0.459. The largest absolute Gasteiger partial charge is 0.462 e. The third-order valence-corrected chi connectivity index (χ3v) is 4.97. The van der Waals surface area contributed by atoms with Crippen molar-refractivity contribution in [1.29, 1.82) is 0 Å². The number of rotatable bonds is 11. The molecule has 10 nitrogen and oxygen atoms in total. The lowest BCUT2D eigenvalue weighted by molar-refractivity contribution is 0.0517. The molecular weight excluding hydrogens is 448 g/mol. The molecule has 0 saturated carbocycles. The molecule has 2 N–H and O–H groups in total. The van der Waals surface area contributed by atoms with E-state index in [4.69, 9.17) is 9.47 Å². The van der Waals surface area contributed by atoms with Crippen molar-refractivity contribution < 1.29 is 19.1 Å². The Labute approximate surface area is 204 Å². The van der Waals surface area contributed by atoms with Crippen LogP contribution in [0.5, 0.6) is 0 Å². The Bertz CT molecular complexity index is 1050. The normalized spacial score (nSPS) is 10.4. The molecule has 0 aliphatic heterocycles. The van der Waals surface area contributed by atoms with E-state index in [0.717, 1.165) is 13.1 Å². The fraction of sp³-hybridized carbons (Fsp3) is 0.320. The van der Waals surface area contributed by atoms with Crippen molar-refractivity contribution in [2.24, 2.45) is 0 Å². The standard InChI is InChI=1S/C25H30N6O4/c1-5-31(6-2)25-29-23(26-19-13-9-17(10-14-19)21(32)34-7-3)28-24(30-25)27-20-15-11-18(12-16-20)22(33)35-8-4/h9-16H,5-8H2,1-4H3,(H2,26,27,28,29,30). The number of carbonyl (C=O) groups is 2. The number of nitrogens with one attached hydrogen (secondary N) is 2. The van der Waals surface area contributed by atoms with Gasteiger partial charge in [-0.25, -0.2) is 9.59 Å². The van der Waals surface area contributed by atoms with E-state index in [2.05, 4.69) is 25.6 Å². The Hall–Kier alpha value is -4.21. The summed E-state index contributed by atoms with van der Waals surface area (Å²) < 4.78 is 10.1. The summed E-state index contributed by atoms with van der Waals surface area (Å²) in [6, 6.07) is 13.7. The number of aromatic nitrogens is 3. The highest BCUT2D eigenvalue weighted by Crippen LogP contribution is 2.21. The fourth-order valence-corrected chi connectivity index (χ4v) is 3.19. The summed E-state index contributed by atoms with van der Waals surface area (Å²) in [4.78, 5) is 39.4.